The molecule has 2 fully saturated rings. The van der Waals surface area contributed by atoms with Crippen molar-refractivity contribution in [3.8, 4) is 5.75 Å². The minimum absolute atomic E-state index is 0.127. The second-order valence-corrected chi connectivity index (χ2v) is 6.73. The van der Waals surface area contributed by atoms with Crippen molar-refractivity contribution in [1.29, 1.82) is 0 Å². The maximum atomic E-state index is 12.7. The number of carbonyl (C=O) groups is 1. The lowest BCUT2D eigenvalue weighted by Gasteiger charge is -2.19. The van der Waals surface area contributed by atoms with E-state index < -0.39 is 0 Å². The smallest absolute Gasteiger partial charge is 0.255 e. The Bertz CT molecular complexity index is 721. The maximum absolute atomic E-state index is 12.7. The topological polar surface area (TPSA) is 94.1 Å². The van der Waals surface area contributed by atoms with Gasteiger partial charge in [-0.2, -0.15) is 10.2 Å². The van der Waals surface area contributed by atoms with Crippen LogP contribution in [0.25, 0.3) is 0 Å². The zero-order valence-corrected chi connectivity index (χ0v) is 14.3. The van der Waals surface area contributed by atoms with Gasteiger partial charge >= 0.3 is 0 Å². The number of hydrogen-bond acceptors (Lipinski definition) is 5. The lowest BCUT2D eigenvalue weighted by atomic mass is 10.1. The van der Waals surface area contributed by atoms with E-state index in [2.05, 4.69) is 20.6 Å². The molecule has 1 aliphatic carbocycles. The van der Waals surface area contributed by atoms with Gasteiger partial charge in [0.05, 0.1) is 49.5 Å². The van der Waals surface area contributed by atoms with Crippen LogP contribution in [0.15, 0.2) is 18.6 Å². The molecule has 0 aromatic carbocycles. The lowest BCUT2D eigenvalue weighted by Crippen LogP contribution is -2.45. The molecule has 0 radical (unpaired) electrons. The Kier molecular flexibility index (Phi) is 4.44. The van der Waals surface area contributed by atoms with Crippen LogP contribution in [-0.2, 0) is 4.74 Å². The number of ether oxygens (including phenoxy) is 2. The van der Waals surface area contributed by atoms with Crippen LogP contribution >= 0.6 is 0 Å². The minimum atomic E-state index is -0.230. The number of amides is 1. The fourth-order valence-electron chi connectivity index (χ4n) is 3.67. The van der Waals surface area contributed by atoms with Crippen LogP contribution in [0, 0.1) is 6.92 Å². The van der Waals surface area contributed by atoms with Gasteiger partial charge in [-0.1, -0.05) is 12.8 Å². The Morgan fingerprint density at radius 3 is 2.96 bits per heavy atom. The largest absolute Gasteiger partial charge is 0.482 e. The Morgan fingerprint density at radius 1 is 1.36 bits per heavy atom. The molecule has 0 bridgehead atoms. The summed E-state index contributed by atoms with van der Waals surface area (Å²) in [6.07, 6.45) is 9.47. The Labute approximate surface area is 145 Å². The number of nitrogens with one attached hydrogen (secondary N) is 2. The Morgan fingerprint density at radius 2 is 2.20 bits per heavy atom. The number of hydrogen-bond donors (Lipinski definition) is 2. The number of aromatic nitrogens is 4. The van der Waals surface area contributed by atoms with E-state index in [1.165, 1.54) is 12.8 Å². The molecule has 2 N–H and O–H groups in total. The molecule has 1 aliphatic heterocycles. The monoisotopic (exact) mass is 345 g/mol. The molecule has 0 spiro atoms. The summed E-state index contributed by atoms with van der Waals surface area (Å²) >= 11 is 0. The lowest BCUT2D eigenvalue weighted by molar-refractivity contribution is 0.0903. The summed E-state index contributed by atoms with van der Waals surface area (Å²) in [7, 11) is 0. The van der Waals surface area contributed by atoms with Gasteiger partial charge in [0.25, 0.3) is 5.91 Å². The van der Waals surface area contributed by atoms with Crippen molar-refractivity contribution in [2.45, 2.75) is 50.8 Å². The van der Waals surface area contributed by atoms with E-state index in [-0.39, 0.29) is 18.1 Å². The second kappa shape index (κ2) is 6.87. The zero-order chi connectivity index (χ0) is 17.2. The molecule has 0 unspecified atom stereocenters. The van der Waals surface area contributed by atoms with Crippen LogP contribution in [0.2, 0.25) is 0 Å². The molecular weight excluding hydrogens is 322 g/mol. The van der Waals surface area contributed by atoms with Gasteiger partial charge in [-0.15, -0.1) is 0 Å². The number of rotatable bonds is 5. The Hall–Kier alpha value is -2.35. The molecule has 3 heterocycles. The van der Waals surface area contributed by atoms with Crippen molar-refractivity contribution in [2.24, 2.45) is 0 Å². The van der Waals surface area contributed by atoms with Crippen LogP contribution in [0.4, 0.5) is 0 Å². The first-order chi connectivity index (χ1) is 12.2. The van der Waals surface area contributed by atoms with E-state index in [0.717, 1.165) is 18.5 Å². The van der Waals surface area contributed by atoms with Gasteiger partial charge in [0, 0.05) is 5.69 Å². The first kappa shape index (κ1) is 16.1. The predicted molar refractivity (Wildman–Crippen MR) is 89.5 cm³/mol. The highest BCUT2D eigenvalue weighted by Gasteiger charge is 2.33. The maximum Gasteiger partial charge on any atom is 0.255 e. The fraction of sp³-hybridized carbons (Fsp3) is 0.588. The van der Waals surface area contributed by atoms with Gasteiger partial charge in [-0.05, 0) is 19.8 Å². The third-order valence-corrected chi connectivity index (χ3v) is 5.07. The van der Waals surface area contributed by atoms with Crippen molar-refractivity contribution in [3.05, 3.63) is 29.8 Å². The van der Waals surface area contributed by atoms with Crippen LogP contribution < -0.4 is 10.1 Å². The van der Waals surface area contributed by atoms with Crippen LogP contribution in [0.5, 0.6) is 5.75 Å². The quantitative estimate of drug-likeness (QED) is 0.858. The molecule has 2 aliphatic rings. The summed E-state index contributed by atoms with van der Waals surface area (Å²) < 4.78 is 13.3. The average molecular weight is 345 g/mol. The van der Waals surface area contributed by atoms with Crippen molar-refractivity contribution < 1.29 is 14.3 Å². The van der Waals surface area contributed by atoms with E-state index in [1.807, 2.05) is 11.6 Å². The number of nitrogens with zero attached hydrogens (tertiary/aromatic N) is 3. The van der Waals surface area contributed by atoms with Gasteiger partial charge in [0.1, 0.15) is 6.10 Å². The van der Waals surface area contributed by atoms with Crippen molar-refractivity contribution in [3.63, 3.8) is 0 Å². The van der Waals surface area contributed by atoms with Crippen molar-refractivity contribution in [1.82, 2.24) is 25.3 Å². The summed E-state index contributed by atoms with van der Waals surface area (Å²) in [6.45, 7) is 2.84. The highest BCUT2D eigenvalue weighted by molar-refractivity contribution is 5.95. The van der Waals surface area contributed by atoms with Gasteiger partial charge in [-0.25, -0.2) is 0 Å². The predicted octanol–water partition coefficient (Wildman–Crippen LogP) is 1.61. The van der Waals surface area contributed by atoms with Crippen LogP contribution in [-0.4, -0.2) is 51.2 Å². The number of carbonyl (C=O) groups excluding carboxylic acids is 1. The van der Waals surface area contributed by atoms with E-state index in [1.54, 1.807) is 18.6 Å². The number of aromatic amines is 1. The molecule has 8 nitrogen and oxygen atoms in total. The summed E-state index contributed by atoms with van der Waals surface area (Å²) in [4.78, 5) is 12.7. The normalized spacial score (nSPS) is 23.9. The minimum Gasteiger partial charge on any atom is -0.482 e. The summed E-state index contributed by atoms with van der Waals surface area (Å²) in [6, 6.07) is 0.227. The summed E-state index contributed by atoms with van der Waals surface area (Å²) in [5.41, 5.74) is 1.55. The van der Waals surface area contributed by atoms with Crippen molar-refractivity contribution in [2.75, 3.05) is 13.2 Å². The highest BCUT2D eigenvalue weighted by Crippen LogP contribution is 2.30. The summed E-state index contributed by atoms with van der Waals surface area (Å²) in [5, 5.41) is 14.1. The molecule has 2 aromatic heterocycles. The van der Waals surface area contributed by atoms with Gasteiger partial charge in [-0.3, -0.25) is 14.6 Å². The van der Waals surface area contributed by atoms with E-state index >= 15 is 0 Å². The Balaban J connectivity index is 1.42. The van der Waals surface area contributed by atoms with Gasteiger partial charge in [0.2, 0.25) is 0 Å². The third kappa shape index (κ3) is 3.26. The molecule has 2 aromatic rings. The summed E-state index contributed by atoms with van der Waals surface area (Å²) in [5.74, 6) is 0.512. The van der Waals surface area contributed by atoms with Crippen molar-refractivity contribution >= 4 is 5.91 Å². The van der Waals surface area contributed by atoms with Crippen LogP contribution in [0.3, 0.4) is 0 Å². The molecule has 134 valence electrons. The zero-order valence-electron chi connectivity index (χ0n) is 14.3. The second-order valence-electron chi connectivity index (χ2n) is 6.73. The molecular formula is C17H23N5O3. The first-order valence-corrected chi connectivity index (χ1v) is 8.80. The molecule has 1 saturated carbocycles. The molecule has 4 rings (SSSR count). The molecule has 25 heavy (non-hydrogen) atoms. The van der Waals surface area contributed by atoms with Crippen LogP contribution in [0.1, 0.15) is 47.8 Å². The SMILES string of the molecule is Cc1c(C(=O)N[C@H]2COC[C@H]2Oc2cn[nH]c2)cnn1C1CCCC1. The van der Waals surface area contributed by atoms with Gasteiger partial charge < -0.3 is 14.8 Å². The van der Waals surface area contributed by atoms with E-state index in [4.69, 9.17) is 9.47 Å². The van der Waals surface area contributed by atoms with Gasteiger partial charge in [0.15, 0.2) is 5.75 Å². The molecule has 1 saturated heterocycles. The molecule has 2 atom stereocenters. The number of H-pyrrole nitrogens is 1. The highest BCUT2D eigenvalue weighted by atomic mass is 16.5. The molecule has 1 amide bonds. The molecule has 8 heteroatoms. The first-order valence-electron chi connectivity index (χ1n) is 8.80. The van der Waals surface area contributed by atoms with E-state index in [0.29, 0.717) is 30.6 Å². The third-order valence-electron chi connectivity index (χ3n) is 5.07. The standard InChI is InChI=1S/C17H23N5O3/c1-11-14(8-20-22(11)12-4-2-3-5-12)17(23)21-15-9-24-10-16(15)25-13-6-18-19-7-13/h6-8,12,15-16H,2-5,9-10H2,1H3,(H,18,19)(H,21,23)/t15-,16+/m0/s1. The fourth-order valence-corrected chi connectivity index (χ4v) is 3.67. The van der Waals surface area contributed by atoms with E-state index in [9.17, 15) is 4.79 Å². The average Bonchev–Trinajstić information content (AvgIpc) is 3.36.